The Labute approximate surface area is 197 Å². The largest absolute Gasteiger partial charge is 0.480 e. The third kappa shape index (κ3) is 6.34. The number of rotatable bonds is 10. The van der Waals surface area contributed by atoms with Gasteiger partial charge in [0.15, 0.2) is 0 Å². The third-order valence-corrected chi connectivity index (χ3v) is 6.80. The van der Waals surface area contributed by atoms with Crippen LogP contribution >= 0.6 is 11.8 Å². The first-order valence-electron chi connectivity index (χ1n) is 10.7. The highest BCUT2D eigenvalue weighted by atomic mass is 32.2. The van der Waals surface area contributed by atoms with Crippen molar-refractivity contribution >= 4 is 40.7 Å². The summed E-state index contributed by atoms with van der Waals surface area (Å²) in [4.78, 5) is 65.0. The number of benzene rings is 1. The van der Waals surface area contributed by atoms with Crippen LogP contribution in [0.4, 0.5) is 4.79 Å². The monoisotopic (exact) mass is 477 g/mol. The van der Waals surface area contributed by atoms with Crippen LogP contribution in [0.5, 0.6) is 0 Å². The number of imide groups is 1. The van der Waals surface area contributed by atoms with Crippen LogP contribution in [0.15, 0.2) is 30.3 Å². The molecule has 2 rings (SSSR count). The zero-order valence-electron chi connectivity index (χ0n) is 19.5. The van der Waals surface area contributed by atoms with E-state index in [4.69, 9.17) is 0 Å². The third-order valence-electron chi connectivity index (χ3n) is 5.61. The average Bonchev–Trinajstić information content (AvgIpc) is 2.90. The van der Waals surface area contributed by atoms with Gasteiger partial charge >= 0.3 is 12.0 Å². The molecule has 0 spiro atoms. The lowest BCUT2D eigenvalue weighted by Gasteiger charge is -2.23. The molecule has 9 nitrogen and oxygen atoms in total. The maximum Gasteiger partial charge on any atom is 0.327 e. The van der Waals surface area contributed by atoms with E-state index in [1.807, 2.05) is 13.8 Å². The van der Waals surface area contributed by atoms with Crippen LogP contribution in [0.1, 0.15) is 50.9 Å². The van der Waals surface area contributed by atoms with Gasteiger partial charge in [-0.15, -0.1) is 0 Å². The Morgan fingerprint density at radius 1 is 1.12 bits per heavy atom. The number of carbonyl (C=O) groups is 5. The summed E-state index contributed by atoms with van der Waals surface area (Å²) in [6.07, 6.45) is 0.234. The number of hydrogen-bond acceptors (Lipinski definition) is 6. The molecule has 0 saturated carbocycles. The molecule has 0 aliphatic carbocycles. The van der Waals surface area contributed by atoms with Crippen LogP contribution in [0.25, 0.3) is 0 Å². The summed E-state index contributed by atoms with van der Waals surface area (Å²) in [7, 11) is 1.53. The lowest BCUT2D eigenvalue weighted by atomic mass is 10.0. The van der Waals surface area contributed by atoms with E-state index >= 15 is 0 Å². The molecule has 2 unspecified atom stereocenters. The van der Waals surface area contributed by atoms with Crippen LogP contribution in [0.2, 0.25) is 0 Å². The predicted octanol–water partition coefficient (Wildman–Crippen LogP) is 2.61. The van der Waals surface area contributed by atoms with Gasteiger partial charge in [0, 0.05) is 19.2 Å². The molecule has 1 aliphatic rings. The average molecular weight is 478 g/mol. The van der Waals surface area contributed by atoms with E-state index in [1.54, 1.807) is 44.2 Å². The molecule has 4 amide bonds. The Morgan fingerprint density at radius 3 is 2.21 bits per heavy atom. The first-order valence-corrected chi connectivity index (χ1v) is 11.6. The lowest BCUT2D eigenvalue weighted by Crippen LogP contribution is -2.46. The first kappa shape index (κ1) is 26.4. The van der Waals surface area contributed by atoms with Crippen LogP contribution < -0.4 is 5.32 Å². The van der Waals surface area contributed by atoms with E-state index in [-0.39, 0.29) is 30.4 Å². The van der Waals surface area contributed by atoms with Crippen molar-refractivity contribution in [3.8, 4) is 0 Å². The number of carboxylic acids is 1. The Morgan fingerprint density at radius 2 is 1.73 bits per heavy atom. The SMILES string of the molecule is CC(C)CC(NC(=O)C(CCN1C(=O)N(C)C(C)(C)C1=O)SC(=O)c1ccccc1)C(=O)O. The van der Waals surface area contributed by atoms with Gasteiger partial charge in [-0.05, 0) is 32.6 Å². The molecule has 0 radical (unpaired) electrons. The van der Waals surface area contributed by atoms with Crippen molar-refractivity contribution in [2.75, 3.05) is 13.6 Å². The minimum Gasteiger partial charge on any atom is -0.480 e. The Kier molecular flexibility index (Phi) is 8.65. The molecular formula is C23H31N3O6S. The van der Waals surface area contributed by atoms with Crippen LogP contribution in [-0.2, 0) is 14.4 Å². The van der Waals surface area contributed by atoms with Crippen LogP contribution in [0.3, 0.4) is 0 Å². The quantitative estimate of drug-likeness (QED) is 0.496. The molecule has 0 aromatic heterocycles. The highest BCUT2D eigenvalue weighted by Crippen LogP contribution is 2.28. The van der Waals surface area contributed by atoms with E-state index < -0.39 is 40.6 Å². The standard InChI is InChI=1S/C23H31N3O6S/c1-14(2)13-16(19(28)29)24-18(27)17(33-20(30)15-9-7-6-8-10-15)11-12-26-21(31)23(3,4)25(5)22(26)32/h6-10,14,16-17H,11-13H2,1-5H3,(H,24,27)(H,28,29). The molecule has 180 valence electrons. The Balaban J connectivity index is 2.20. The number of hydrogen-bond donors (Lipinski definition) is 2. The van der Waals surface area contributed by atoms with E-state index in [2.05, 4.69) is 5.32 Å². The number of nitrogens with zero attached hydrogens (tertiary/aromatic N) is 2. The number of amides is 4. The van der Waals surface area contributed by atoms with Crippen molar-refractivity contribution in [3.63, 3.8) is 0 Å². The van der Waals surface area contributed by atoms with Gasteiger partial charge in [0.2, 0.25) is 11.0 Å². The number of nitrogens with one attached hydrogen (secondary N) is 1. The number of urea groups is 1. The van der Waals surface area contributed by atoms with Crippen LogP contribution in [-0.4, -0.2) is 74.3 Å². The molecule has 1 fully saturated rings. The number of thioether (sulfide) groups is 1. The highest BCUT2D eigenvalue weighted by molar-refractivity contribution is 8.15. The van der Waals surface area contributed by atoms with Gasteiger partial charge in [-0.2, -0.15) is 0 Å². The maximum absolute atomic E-state index is 13.0. The molecule has 1 aromatic rings. The molecule has 33 heavy (non-hydrogen) atoms. The smallest absolute Gasteiger partial charge is 0.327 e. The summed E-state index contributed by atoms with van der Waals surface area (Å²) in [5.41, 5.74) is -0.612. The predicted molar refractivity (Wildman–Crippen MR) is 125 cm³/mol. The number of carbonyl (C=O) groups excluding carboxylic acids is 4. The summed E-state index contributed by atoms with van der Waals surface area (Å²) in [6.45, 7) is 6.88. The fourth-order valence-corrected chi connectivity index (χ4v) is 4.33. The second-order valence-electron chi connectivity index (χ2n) is 8.94. The normalized spacial score (nSPS) is 17.3. The van der Waals surface area contributed by atoms with Gasteiger partial charge in [-0.3, -0.25) is 19.3 Å². The van der Waals surface area contributed by atoms with E-state index in [0.29, 0.717) is 5.56 Å². The lowest BCUT2D eigenvalue weighted by molar-refractivity contribution is -0.142. The van der Waals surface area contributed by atoms with E-state index in [9.17, 15) is 29.1 Å². The van der Waals surface area contributed by atoms with Crippen molar-refractivity contribution in [2.45, 2.75) is 57.4 Å². The minimum absolute atomic E-state index is 0.00446. The molecule has 2 N–H and O–H groups in total. The summed E-state index contributed by atoms with van der Waals surface area (Å²) in [6, 6.07) is 6.82. The summed E-state index contributed by atoms with van der Waals surface area (Å²) in [5, 5.41) is 10.7. The maximum atomic E-state index is 13.0. The Hall–Kier alpha value is -2.88. The van der Waals surface area contributed by atoms with Crippen molar-refractivity contribution in [2.24, 2.45) is 5.92 Å². The number of likely N-dealkylation sites (N-methyl/N-ethyl adjacent to an activating group) is 1. The zero-order valence-corrected chi connectivity index (χ0v) is 20.3. The minimum atomic E-state index is -1.16. The molecule has 1 aliphatic heterocycles. The van der Waals surface area contributed by atoms with Crippen molar-refractivity contribution in [1.29, 1.82) is 0 Å². The van der Waals surface area contributed by atoms with E-state index in [1.165, 1.54) is 11.9 Å². The van der Waals surface area contributed by atoms with Gasteiger partial charge in [0.05, 0.1) is 5.25 Å². The second kappa shape index (κ2) is 10.8. The molecule has 0 bridgehead atoms. The number of carboxylic acid groups (broad SMARTS) is 1. The second-order valence-corrected chi connectivity index (χ2v) is 10.1. The van der Waals surface area contributed by atoms with Crippen molar-refractivity contribution < 1.29 is 29.1 Å². The van der Waals surface area contributed by atoms with Crippen molar-refractivity contribution in [1.82, 2.24) is 15.1 Å². The summed E-state index contributed by atoms with van der Waals surface area (Å²) >= 11 is 0.758. The number of aliphatic carboxylic acids is 1. The van der Waals surface area contributed by atoms with Gasteiger partial charge in [-0.25, -0.2) is 9.59 Å². The fraction of sp³-hybridized carbons (Fsp3) is 0.522. The summed E-state index contributed by atoms with van der Waals surface area (Å²) in [5.74, 6) is -2.15. The molecule has 2 atom stereocenters. The van der Waals surface area contributed by atoms with E-state index in [0.717, 1.165) is 16.7 Å². The van der Waals surface area contributed by atoms with Gasteiger partial charge in [0.25, 0.3) is 5.91 Å². The van der Waals surface area contributed by atoms with Gasteiger partial charge in [0.1, 0.15) is 11.6 Å². The molecule has 1 aromatic carbocycles. The van der Waals surface area contributed by atoms with Crippen LogP contribution in [0, 0.1) is 5.92 Å². The topological polar surface area (TPSA) is 124 Å². The van der Waals surface area contributed by atoms with Gasteiger partial charge in [-0.1, -0.05) is 55.9 Å². The Bertz CT molecular complexity index is 918. The molecule has 1 heterocycles. The van der Waals surface area contributed by atoms with Crippen molar-refractivity contribution in [3.05, 3.63) is 35.9 Å². The first-order chi connectivity index (χ1) is 15.4. The fourth-order valence-electron chi connectivity index (χ4n) is 3.40. The zero-order chi connectivity index (χ0) is 24.9. The molecule has 1 saturated heterocycles. The van der Waals surface area contributed by atoms with Gasteiger partial charge < -0.3 is 15.3 Å². The molecular weight excluding hydrogens is 446 g/mol. The molecule has 10 heteroatoms. The summed E-state index contributed by atoms with van der Waals surface area (Å²) < 4.78 is 0. The highest BCUT2D eigenvalue weighted by Gasteiger charge is 2.49.